The smallest absolute Gasteiger partial charge is 0.302 e. The second-order valence-corrected chi connectivity index (χ2v) is 4.22. The largest absolute Gasteiger partial charge is 0.462 e. The van der Waals surface area contributed by atoms with E-state index in [2.05, 4.69) is 19.1 Å². The molecule has 3 atom stereocenters. The number of allylic oxidation sites excluding steroid dienone is 2. The Morgan fingerprint density at radius 1 is 1.43 bits per heavy atom. The molecule has 0 aromatic carbocycles. The first-order valence-corrected chi connectivity index (χ1v) is 5.43. The molecule has 0 heterocycles. The number of rotatable bonds is 2. The molecule has 2 nitrogen and oxygen atoms in total. The third-order valence-corrected chi connectivity index (χ3v) is 2.94. The Kier molecular flexibility index (Phi) is 4.18. The molecule has 1 aliphatic rings. The normalized spacial score (nSPS) is 33.2. The summed E-state index contributed by atoms with van der Waals surface area (Å²) in [5.41, 5.74) is 0. The van der Waals surface area contributed by atoms with Gasteiger partial charge in [0.2, 0.25) is 0 Å². The Labute approximate surface area is 86.3 Å². The van der Waals surface area contributed by atoms with E-state index >= 15 is 0 Å². The lowest BCUT2D eigenvalue weighted by molar-refractivity contribution is -0.151. The van der Waals surface area contributed by atoms with Crippen molar-refractivity contribution in [1.82, 2.24) is 0 Å². The summed E-state index contributed by atoms with van der Waals surface area (Å²) in [6, 6.07) is 0. The van der Waals surface area contributed by atoms with Crippen molar-refractivity contribution in [2.45, 2.75) is 46.1 Å². The second-order valence-electron chi connectivity index (χ2n) is 4.22. The van der Waals surface area contributed by atoms with Gasteiger partial charge >= 0.3 is 5.97 Å². The number of hydrogen-bond acceptors (Lipinski definition) is 2. The highest BCUT2D eigenvalue weighted by Gasteiger charge is 2.28. The van der Waals surface area contributed by atoms with Gasteiger partial charge in [-0.1, -0.05) is 19.1 Å². The minimum absolute atomic E-state index is 0.127. The first kappa shape index (κ1) is 11.3. The zero-order chi connectivity index (χ0) is 10.6. The minimum atomic E-state index is -0.150. The van der Waals surface area contributed by atoms with Crippen LogP contribution >= 0.6 is 0 Å². The third kappa shape index (κ3) is 3.17. The number of carbonyl (C=O) groups excluding carboxylic acids is 1. The summed E-state index contributed by atoms with van der Waals surface area (Å²) in [7, 11) is 0. The van der Waals surface area contributed by atoms with E-state index in [9.17, 15) is 4.79 Å². The summed E-state index contributed by atoms with van der Waals surface area (Å²) in [6.07, 6.45) is 7.82. The van der Waals surface area contributed by atoms with Gasteiger partial charge in [-0.15, -0.1) is 0 Å². The topological polar surface area (TPSA) is 26.3 Å². The van der Waals surface area contributed by atoms with E-state index in [0.29, 0.717) is 11.8 Å². The molecule has 1 aliphatic carbocycles. The average Bonchev–Trinajstić information content (AvgIpc) is 2.10. The first-order valence-electron chi connectivity index (χ1n) is 5.43. The molecular formula is C12H20O2. The van der Waals surface area contributed by atoms with Crippen molar-refractivity contribution in [1.29, 1.82) is 0 Å². The molecule has 0 aromatic rings. The quantitative estimate of drug-likeness (QED) is 0.501. The minimum Gasteiger partial charge on any atom is -0.462 e. The molecule has 0 bridgehead atoms. The lowest BCUT2D eigenvalue weighted by Gasteiger charge is -2.32. The van der Waals surface area contributed by atoms with Gasteiger partial charge in [-0.3, -0.25) is 4.79 Å². The standard InChI is InChI=1S/C12H20O2/c1-4-5-11-7-6-9(2)12(8-11)14-10(3)13/h4-5,9,11-12H,6-8H2,1-3H3. The number of hydrogen-bond donors (Lipinski definition) is 0. The maximum absolute atomic E-state index is 10.9. The van der Waals surface area contributed by atoms with E-state index in [-0.39, 0.29) is 12.1 Å². The van der Waals surface area contributed by atoms with Crippen LogP contribution in [0.3, 0.4) is 0 Å². The molecule has 1 rings (SSSR count). The van der Waals surface area contributed by atoms with Crippen LogP contribution in [0.1, 0.15) is 40.0 Å². The van der Waals surface area contributed by atoms with Crippen LogP contribution in [-0.2, 0) is 9.53 Å². The lowest BCUT2D eigenvalue weighted by atomic mass is 9.80. The molecule has 0 amide bonds. The molecule has 0 aromatic heterocycles. The Bertz CT molecular complexity index is 220. The van der Waals surface area contributed by atoms with Gasteiger partial charge in [-0.2, -0.15) is 0 Å². The van der Waals surface area contributed by atoms with Crippen LogP contribution in [0.2, 0.25) is 0 Å². The first-order chi connectivity index (χ1) is 6.63. The number of esters is 1. The van der Waals surface area contributed by atoms with Gasteiger partial charge in [-0.25, -0.2) is 0 Å². The number of carbonyl (C=O) groups is 1. The fraction of sp³-hybridized carbons (Fsp3) is 0.750. The van der Waals surface area contributed by atoms with Crippen LogP contribution < -0.4 is 0 Å². The molecule has 3 unspecified atom stereocenters. The highest BCUT2D eigenvalue weighted by atomic mass is 16.5. The van der Waals surface area contributed by atoms with E-state index in [1.54, 1.807) is 0 Å². The summed E-state index contributed by atoms with van der Waals surface area (Å²) in [5.74, 6) is 0.962. The van der Waals surface area contributed by atoms with Crippen molar-refractivity contribution in [3.05, 3.63) is 12.2 Å². The summed E-state index contributed by atoms with van der Waals surface area (Å²) in [4.78, 5) is 10.9. The molecule has 0 spiro atoms. The van der Waals surface area contributed by atoms with Gasteiger partial charge in [0.1, 0.15) is 6.10 Å². The SMILES string of the molecule is CC=CC1CCC(C)C(OC(C)=O)C1. The van der Waals surface area contributed by atoms with Crippen molar-refractivity contribution in [2.75, 3.05) is 0 Å². The van der Waals surface area contributed by atoms with Crippen molar-refractivity contribution >= 4 is 5.97 Å². The van der Waals surface area contributed by atoms with Crippen LogP contribution in [0, 0.1) is 11.8 Å². The Morgan fingerprint density at radius 2 is 2.14 bits per heavy atom. The van der Waals surface area contributed by atoms with Crippen molar-refractivity contribution in [2.24, 2.45) is 11.8 Å². The Morgan fingerprint density at radius 3 is 2.71 bits per heavy atom. The van der Waals surface area contributed by atoms with Crippen LogP contribution in [0.4, 0.5) is 0 Å². The fourth-order valence-electron chi connectivity index (χ4n) is 2.14. The predicted octanol–water partition coefficient (Wildman–Crippen LogP) is 2.93. The van der Waals surface area contributed by atoms with Crippen LogP contribution in [0.15, 0.2) is 12.2 Å². The molecule has 1 saturated carbocycles. The summed E-state index contributed by atoms with van der Waals surface area (Å²) < 4.78 is 5.31. The maximum Gasteiger partial charge on any atom is 0.302 e. The van der Waals surface area contributed by atoms with Crippen molar-refractivity contribution < 1.29 is 9.53 Å². The van der Waals surface area contributed by atoms with E-state index in [0.717, 1.165) is 12.8 Å². The van der Waals surface area contributed by atoms with Crippen molar-refractivity contribution in [3.8, 4) is 0 Å². The summed E-state index contributed by atoms with van der Waals surface area (Å²) in [5, 5.41) is 0. The van der Waals surface area contributed by atoms with Crippen LogP contribution in [0.25, 0.3) is 0 Å². The number of ether oxygens (including phenoxy) is 1. The summed E-state index contributed by atoms with van der Waals surface area (Å²) >= 11 is 0. The van der Waals surface area contributed by atoms with E-state index in [1.165, 1.54) is 13.3 Å². The molecule has 14 heavy (non-hydrogen) atoms. The van der Waals surface area contributed by atoms with Crippen molar-refractivity contribution in [3.63, 3.8) is 0 Å². The maximum atomic E-state index is 10.9. The van der Waals surface area contributed by atoms with Gasteiger partial charge < -0.3 is 4.74 Å². The molecule has 80 valence electrons. The second kappa shape index (κ2) is 5.18. The molecule has 0 N–H and O–H groups in total. The average molecular weight is 196 g/mol. The zero-order valence-corrected chi connectivity index (χ0v) is 9.32. The molecule has 0 radical (unpaired) electrons. The summed E-state index contributed by atoms with van der Waals surface area (Å²) in [6.45, 7) is 5.70. The van der Waals surface area contributed by atoms with Gasteiger partial charge in [0.05, 0.1) is 0 Å². The van der Waals surface area contributed by atoms with E-state index < -0.39 is 0 Å². The Hall–Kier alpha value is -0.790. The molecule has 0 aliphatic heterocycles. The molecule has 1 fully saturated rings. The van der Waals surface area contributed by atoms with Gasteiger partial charge in [-0.05, 0) is 38.0 Å². The highest BCUT2D eigenvalue weighted by molar-refractivity contribution is 5.66. The fourth-order valence-corrected chi connectivity index (χ4v) is 2.14. The van der Waals surface area contributed by atoms with Gasteiger partial charge in [0.25, 0.3) is 0 Å². The van der Waals surface area contributed by atoms with E-state index in [1.807, 2.05) is 6.92 Å². The monoisotopic (exact) mass is 196 g/mol. The molecular weight excluding hydrogens is 176 g/mol. The predicted molar refractivity (Wildman–Crippen MR) is 56.9 cm³/mol. The molecule has 2 heteroatoms. The van der Waals surface area contributed by atoms with Gasteiger partial charge in [0, 0.05) is 6.92 Å². The van der Waals surface area contributed by atoms with Crippen LogP contribution in [-0.4, -0.2) is 12.1 Å². The Balaban J connectivity index is 2.50. The highest BCUT2D eigenvalue weighted by Crippen LogP contribution is 2.31. The van der Waals surface area contributed by atoms with Crippen LogP contribution in [0.5, 0.6) is 0 Å². The molecule has 0 saturated heterocycles. The zero-order valence-electron chi connectivity index (χ0n) is 9.32. The van der Waals surface area contributed by atoms with E-state index in [4.69, 9.17) is 4.74 Å². The lowest BCUT2D eigenvalue weighted by Crippen LogP contribution is -2.31. The van der Waals surface area contributed by atoms with Gasteiger partial charge in [0.15, 0.2) is 0 Å². The third-order valence-electron chi connectivity index (χ3n) is 2.94.